The molecule has 1 aliphatic carbocycles. The standard InChI is InChI=1S/C14H22FN3O/c1-19-9-8-18(12-3-4-12)7-6-13(16)14-5-2-11(15)10-17-14/h2,5,10,12-13H,3-4,6-9,16H2,1H3. The normalized spacial score (nSPS) is 16.8. The smallest absolute Gasteiger partial charge is 0.141 e. The van der Waals surface area contributed by atoms with Gasteiger partial charge in [-0.05, 0) is 31.4 Å². The minimum atomic E-state index is -0.323. The topological polar surface area (TPSA) is 51.4 Å². The van der Waals surface area contributed by atoms with Crippen molar-refractivity contribution in [3.63, 3.8) is 0 Å². The molecule has 1 fully saturated rings. The van der Waals surface area contributed by atoms with Crippen molar-refractivity contribution in [2.45, 2.75) is 31.3 Å². The maximum atomic E-state index is 12.8. The van der Waals surface area contributed by atoms with Crippen molar-refractivity contribution >= 4 is 0 Å². The van der Waals surface area contributed by atoms with Crippen molar-refractivity contribution < 1.29 is 9.13 Å². The second-order valence-electron chi connectivity index (χ2n) is 5.06. The van der Waals surface area contributed by atoms with Gasteiger partial charge in [-0.1, -0.05) is 0 Å². The molecule has 1 saturated carbocycles. The molecule has 0 aliphatic heterocycles. The van der Waals surface area contributed by atoms with E-state index in [9.17, 15) is 4.39 Å². The molecule has 4 nitrogen and oxygen atoms in total. The maximum absolute atomic E-state index is 12.8. The molecule has 0 saturated heterocycles. The number of halogens is 1. The highest BCUT2D eigenvalue weighted by atomic mass is 19.1. The van der Waals surface area contributed by atoms with Gasteiger partial charge < -0.3 is 10.5 Å². The Balaban J connectivity index is 1.80. The summed E-state index contributed by atoms with van der Waals surface area (Å²) in [4.78, 5) is 6.46. The summed E-state index contributed by atoms with van der Waals surface area (Å²) in [5.41, 5.74) is 6.85. The Morgan fingerprint density at radius 3 is 2.84 bits per heavy atom. The summed E-state index contributed by atoms with van der Waals surface area (Å²) in [6, 6.07) is 3.63. The van der Waals surface area contributed by atoms with E-state index in [1.807, 2.05) is 0 Å². The second kappa shape index (κ2) is 6.93. The van der Waals surface area contributed by atoms with Gasteiger partial charge in [-0.3, -0.25) is 9.88 Å². The van der Waals surface area contributed by atoms with Gasteiger partial charge in [0.15, 0.2) is 0 Å². The lowest BCUT2D eigenvalue weighted by atomic mass is 10.1. The highest BCUT2D eigenvalue weighted by Crippen LogP contribution is 2.27. The SMILES string of the molecule is COCCN(CCC(N)c1ccc(F)cn1)C1CC1. The molecule has 1 atom stereocenters. The van der Waals surface area contributed by atoms with E-state index in [1.54, 1.807) is 13.2 Å². The van der Waals surface area contributed by atoms with Crippen molar-refractivity contribution in [1.29, 1.82) is 0 Å². The van der Waals surface area contributed by atoms with Crippen LogP contribution >= 0.6 is 0 Å². The summed E-state index contributed by atoms with van der Waals surface area (Å²) in [5, 5.41) is 0. The number of ether oxygens (including phenoxy) is 1. The van der Waals surface area contributed by atoms with E-state index in [0.717, 1.165) is 31.8 Å². The average Bonchev–Trinajstić information content (AvgIpc) is 3.24. The van der Waals surface area contributed by atoms with Crippen molar-refractivity contribution in [3.05, 3.63) is 29.8 Å². The van der Waals surface area contributed by atoms with Crippen LogP contribution in [-0.2, 0) is 4.74 Å². The van der Waals surface area contributed by atoms with Gasteiger partial charge in [-0.25, -0.2) is 4.39 Å². The first-order valence-corrected chi connectivity index (χ1v) is 6.80. The number of nitrogens with zero attached hydrogens (tertiary/aromatic N) is 2. The fraction of sp³-hybridized carbons (Fsp3) is 0.643. The molecule has 0 aromatic carbocycles. The molecular formula is C14H22FN3O. The van der Waals surface area contributed by atoms with Crippen LogP contribution in [0.5, 0.6) is 0 Å². The Morgan fingerprint density at radius 1 is 1.47 bits per heavy atom. The summed E-state index contributed by atoms with van der Waals surface area (Å²) in [7, 11) is 1.72. The largest absolute Gasteiger partial charge is 0.383 e. The Morgan fingerprint density at radius 2 is 2.26 bits per heavy atom. The van der Waals surface area contributed by atoms with Gasteiger partial charge >= 0.3 is 0 Å². The van der Waals surface area contributed by atoms with Crippen molar-refractivity contribution in [2.75, 3.05) is 26.8 Å². The van der Waals surface area contributed by atoms with E-state index in [0.29, 0.717) is 6.04 Å². The molecular weight excluding hydrogens is 245 g/mol. The van der Waals surface area contributed by atoms with E-state index in [-0.39, 0.29) is 11.9 Å². The third-order valence-electron chi connectivity index (χ3n) is 3.50. The minimum Gasteiger partial charge on any atom is -0.383 e. The number of hydrogen-bond donors (Lipinski definition) is 1. The van der Waals surface area contributed by atoms with Gasteiger partial charge in [-0.15, -0.1) is 0 Å². The van der Waals surface area contributed by atoms with Crippen LogP contribution in [0.4, 0.5) is 4.39 Å². The lowest BCUT2D eigenvalue weighted by Gasteiger charge is -2.23. The van der Waals surface area contributed by atoms with Gasteiger partial charge in [0.05, 0.1) is 18.5 Å². The molecule has 1 aromatic rings. The highest BCUT2D eigenvalue weighted by Gasteiger charge is 2.28. The number of methoxy groups -OCH3 is 1. The van der Waals surface area contributed by atoms with Crippen LogP contribution in [-0.4, -0.2) is 42.7 Å². The molecule has 19 heavy (non-hydrogen) atoms. The molecule has 1 heterocycles. The quantitative estimate of drug-likeness (QED) is 0.779. The molecule has 2 rings (SSSR count). The highest BCUT2D eigenvalue weighted by molar-refractivity contribution is 5.09. The summed E-state index contributed by atoms with van der Waals surface area (Å²) in [6.45, 7) is 2.64. The fourth-order valence-corrected chi connectivity index (χ4v) is 2.18. The Hall–Kier alpha value is -1.04. The predicted octanol–water partition coefficient (Wildman–Crippen LogP) is 1.72. The zero-order chi connectivity index (χ0) is 13.7. The van der Waals surface area contributed by atoms with Crippen LogP contribution in [0.25, 0.3) is 0 Å². The molecule has 1 unspecified atom stereocenters. The first kappa shape index (κ1) is 14.4. The lowest BCUT2D eigenvalue weighted by molar-refractivity contribution is 0.141. The molecule has 0 spiro atoms. The number of hydrogen-bond acceptors (Lipinski definition) is 4. The predicted molar refractivity (Wildman–Crippen MR) is 72.2 cm³/mol. The third kappa shape index (κ3) is 4.53. The Bertz CT molecular complexity index is 381. The lowest BCUT2D eigenvalue weighted by Crippen LogP contribution is -2.32. The average molecular weight is 267 g/mol. The first-order valence-electron chi connectivity index (χ1n) is 6.80. The second-order valence-corrected chi connectivity index (χ2v) is 5.06. The first-order chi connectivity index (χ1) is 9.20. The van der Waals surface area contributed by atoms with Crippen LogP contribution < -0.4 is 5.73 Å². The molecule has 1 aliphatic rings. The van der Waals surface area contributed by atoms with Crippen LogP contribution in [0.1, 0.15) is 31.0 Å². The van der Waals surface area contributed by atoms with Crippen LogP contribution in [0.2, 0.25) is 0 Å². The molecule has 5 heteroatoms. The number of aromatic nitrogens is 1. The molecule has 0 amide bonds. The number of rotatable bonds is 8. The van der Waals surface area contributed by atoms with Gasteiger partial charge in [0.2, 0.25) is 0 Å². The molecule has 1 aromatic heterocycles. The zero-order valence-electron chi connectivity index (χ0n) is 11.4. The van der Waals surface area contributed by atoms with Gasteiger partial charge in [0, 0.05) is 32.3 Å². The molecule has 106 valence electrons. The van der Waals surface area contributed by atoms with Crippen molar-refractivity contribution in [1.82, 2.24) is 9.88 Å². The number of nitrogens with two attached hydrogens (primary N) is 1. The molecule has 0 bridgehead atoms. The molecule has 2 N–H and O–H groups in total. The number of pyridine rings is 1. The van der Waals surface area contributed by atoms with Crippen molar-refractivity contribution in [3.8, 4) is 0 Å². The Labute approximate surface area is 113 Å². The van der Waals surface area contributed by atoms with E-state index in [1.165, 1.54) is 25.1 Å². The summed E-state index contributed by atoms with van der Waals surface area (Å²) in [5.74, 6) is -0.323. The van der Waals surface area contributed by atoms with E-state index in [2.05, 4.69) is 9.88 Å². The van der Waals surface area contributed by atoms with E-state index in [4.69, 9.17) is 10.5 Å². The zero-order valence-corrected chi connectivity index (χ0v) is 11.4. The van der Waals surface area contributed by atoms with E-state index < -0.39 is 0 Å². The van der Waals surface area contributed by atoms with Gasteiger partial charge in [0.25, 0.3) is 0 Å². The summed E-state index contributed by atoms with van der Waals surface area (Å²) >= 11 is 0. The van der Waals surface area contributed by atoms with Crippen molar-refractivity contribution in [2.24, 2.45) is 5.73 Å². The Kier molecular flexibility index (Phi) is 5.24. The third-order valence-corrected chi connectivity index (χ3v) is 3.50. The molecule has 0 radical (unpaired) electrons. The summed E-state index contributed by atoms with van der Waals surface area (Å²) in [6.07, 6.45) is 4.60. The van der Waals surface area contributed by atoms with E-state index >= 15 is 0 Å². The monoisotopic (exact) mass is 267 g/mol. The van der Waals surface area contributed by atoms with Crippen LogP contribution in [0, 0.1) is 5.82 Å². The van der Waals surface area contributed by atoms with Gasteiger partial charge in [-0.2, -0.15) is 0 Å². The minimum absolute atomic E-state index is 0.135. The van der Waals surface area contributed by atoms with Crippen LogP contribution in [0.3, 0.4) is 0 Å². The maximum Gasteiger partial charge on any atom is 0.141 e. The summed E-state index contributed by atoms with van der Waals surface area (Å²) < 4.78 is 17.9. The van der Waals surface area contributed by atoms with Gasteiger partial charge in [0.1, 0.15) is 5.82 Å². The fourth-order valence-electron chi connectivity index (χ4n) is 2.18. The van der Waals surface area contributed by atoms with Crippen LogP contribution in [0.15, 0.2) is 18.3 Å².